The number of pyridine rings is 1. The van der Waals surface area contributed by atoms with Gasteiger partial charge in [-0.25, -0.2) is 0 Å². The lowest BCUT2D eigenvalue weighted by atomic mass is 10.1. The first-order chi connectivity index (χ1) is 11.1. The van der Waals surface area contributed by atoms with E-state index in [9.17, 15) is 9.59 Å². The van der Waals surface area contributed by atoms with E-state index >= 15 is 0 Å². The van der Waals surface area contributed by atoms with Crippen LogP contribution >= 0.6 is 0 Å². The van der Waals surface area contributed by atoms with E-state index in [2.05, 4.69) is 4.98 Å². The van der Waals surface area contributed by atoms with Gasteiger partial charge in [-0.1, -0.05) is 42.5 Å². The average molecular weight is 303 g/mol. The summed E-state index contributed by atoms with van der Waals surface area (Å²) in [4.78, 5) is 28.1. The van der Waals surface area contributed by atoms with Gasteiger partial charge in [-0.3, -0.25) is 9.59 Å². The monoisotopic (exact) mass is 303 g/mol. The molecule has 0 atom stereocenters. The zero-order valence-electron chi connectivity index (χ0n) is 12.4. The largest absolute Gasteiger partial charge is 0.439 e. The van der Waals surface area contributed by atoms with Crippen molar-refractivity contribution in [1.82, 2.24) is 4.98 Å². The molecule has 0 bridgehead atoms. The molecular formula is C19H13NO3. The zero-order chi connectivity index (χ0) is 16.0. The molecule has 0 radical (unpaired) electrons. The van der Waals surface area contributed by atoms with Crippen LogP contribution in [0.5, 0.6) is 0 Å². The summed E-state index contributed by atoms with van der Waals surface area (Å²) in [6.07, 6.45) is 0. The number of hydrogen-bond donors (Lipinski definition) is 1. The third-order valence-corrected chi connectivity index (χ3v) is 3.97. The first kappa shape index (κ1) is 13.5. The number of H-pyrrole nitrogens is 1. The number of fused-ring (bicyclic) bond motifs is 2. The molecule has 2 aromatic carbocycles. The van der Waals surface area contributed by atoms with Crippen LogP contribution < -0.4 is 10.9 Å². The van der Waals surface area contributed by atoms with Crippen molar-refractivity contribution in [3.63, 3.8) is 0 Å². The van der Waals surface area contributed by atoms with E-state index in [1.54, 1.807) is 12.1 Å². The number of rotatable bonds is 1. The van der Waals surface area contributed by atoms with Crippen molar-refractivity contribution in [2.24, 2.45) is 0 Å². The van der Waals surface area contributed by atoms with Crippen LogP contribution in [0.1, 0.15) is 5.56 Å². The molecule has 23 heavy (non-hydrogen) atoms. The first-order valence-electron chi connectivity index (χ1n) is 7.30. The van der Waals surface area contributed by atoms with E-state index in [0.717, 1.165) is 11.1 Å². The Balaban J connectivity index is 2.15. The molecule has 0 unspecified atom stereocenters. The quantitative estimate of drug-likeness (QED) is 0.546. The third-order valence-electron chi connectivity index (χ3n) is 3.97. The predicted molar refractivity (Wildman–Crippen MR) is 90.8 cm³/mol. The molecule has 0 aliphatic carbocycles. The number of aromatic amines is 1. The molecule has 0 saturated carbocycles. The van der Waals surface area contributed by atoms with Gasteiger partial charge in [-0.05, 0) is 24.1 Å². The molecule has 4 heteroatoms. The van der Waals surface area contributed by atoms with Gasteiger partial charge in [0.05, 0.1) is 11.1 Å². The summed E-state index contributed by atoms with van der Waals surface area (Å²) in [5.41, 5.74) is 2.42. The molecule has 0 aliphatic heterocycles. The number of aromatic nitrogens is 1. The minimum Gasteiger partial charge on any atom is -0.439 e. The van der Waals surface area contributed by atoms with Crippen molar-refractivity contribution in [2.75, 3.05) is 0 Å². The Morgan fingerprint density at radius 1 is 0.957 bits per heavy atom. The second kappa shape index (κ2) is 4.95. The van der Waals surface area contributed by atoms with Crippen LogP contribution in [0.2, 0.25) is 0 Å². The lowest BCUT2D eigenvalue weighted by Gasteiger charge is -2.06. The summed E-state index contributed by atoms with van der Waals surface area (Å²) in [5, 5.41) is 0.484. The van der Waals surface area contributed by atoms with E-state index in [-0.39, 0.29) is 22.0 Å². The molecule has 2 aromatic heterocycles. The highest BCUT2D eigenvalue weighted by atomic mass is 16.3. The number of benzene rings is 2. The Hall–Kier alpha value is -3.14. The van der Waals surface area contributed by atoms with Gasteiger partial charge in [-0.15, -0.1) is 0 Å². The van der Waals surface area contributed by atoms with Gasteiger partial charge in [0.2, 0.25) is 11.1 Å². The molecule has 112 valence electrons. The second-order valence-corrected chi connectivity index (χ2v) is 5.50. The van der Waals surface area contributed by atoms with Gasteiger partial charge in [0, 0.05) is 6.07 Å². The van der Waals surface area contributed by atoms with Gasteiger partial charge in [0.1, 0.15) is 11.0 Å². The average Bonchev–Trinajstić information content (AvgIpc) is 2.56. The van der Waals surface area contributed by atoms with Crippen LogP contribution in [-0.2, 0) is 0 Å². The van der Waals surface area contributed by atoms with Crippen molar-refractivity contribution in [2.45, 2.75) is 6.92 Å². The van der Waals surface area contributed by atoms with Crippen molar-refractivity contribution in [3.05, 3.63) is 80.6 Å². The van der Waals surface area contributed by atoms with Gasteiger partial charge in [-0.2, -0.15) is 0 Å². The van der Waals surface area contributed by atoms with Crippen LogP contribution in [0.15, 0.2) is 68.6 Å². The number of aryl methyl sites for hydroxylation is 1. The van der Waals surface area contributed by atoms with E-state index in [0.29, 0.717) is 16.7 Å². The van der Waals surface area contributed by atoms with Gasteiger partial charge in [0.25, 0.3) is 0 Å². The maximum atomic E-state index is 12.6. The molecule has 4 rings (SSSR count). The molecule has 2 heterocycles. The van der Waals surface area contributed by atoms with Gasteiger partial charge in [0.15, 0.2) is 5.43 Å². The second-order valence-electron chi connectivity index (χ2n) is 5.50. The maximum absolute atomic E-state index is 12.6. The lowest BCUT2D eigenvalue weighted by molar-refractivity contribution is 0.642. The third kappa shape index (κ3) is 2.07. The number of para-hydroxylation sites is 1. The molecule has 1 N–H and O–H groups in total. The van der Waals surface area contributed by atoms with Crippen LogP contribution in [0.3, 0.4) is 0 Å². The highest BCUT2D eigenvalue weighted by Gasteiger charge is 2.14. The topological polar surface area (TPSA) is 63.1 Å². The molecular weight excluding hydrogens is 290 g/mol. The Bertz CT molecular complexity index is 1150. The lowest BCUT2D eigenvalue weighted by Crippen LogP contribution is -2.14. The SMILES string of the molecule is Cc1cccc2c(=O)c3c(=O)cc(-c4ccccc4)[nH]c3oc12. The normalized spacial score (nSPS) is 11.2. The summed E-state index contributed by atoms with van der Waals surface area (Å²) < 4.78 is 5.85. The van der Waals surface area contributed by atoms with Crippen molar-refractivity contribution in [1.29, 1.82) is 0 Å². The molecule has 0 aliphatic rings. The summed E-state index contributed by atoms with van der Waals surface area (Å²) in [7, 11) is 0. The predicted octanol–water partition coefficient (Wildman–Crippen LogP) is 3.61. The smallest absolute Gasteiger partial charge is 0.213 e. The summed E-state index contributed by atoms with van der Waals surface area (Å²) in [6, 6.07) is 16.2. The molecule has 0 spiro atoms. The minimum absolute atomic E-state index is 0.0581. The van der Waals surface area contributed by atoms with Crippen LogP contribution in [-0.4, -0.2) is 4.98 Å². The Labute approximate surface area is 131 Å². The van der Waals surface area contributed by atoms with Crippen LogP contribution in [0.4, 0.5) is 0 Å². The summed E-state index contributed by atoms with van der Waals surface area (Å²) in [6.45, 7) is 1.87. The van der Waals surface area contributed by atoms with Crippen molar-refractivity contribution >= 4 is 22.1 Å². The van der Waals surface area contributed by atoms with Gasteiger partial charge >= 0.3 is 0 Å². The van der Waals surface area contributed by atoms with Crippen molar-refractivity contribution < 1.29 is 4.42 Å². The summed E-state index contributed by atoms with van der Waals surface area (Å²) >= 11 is 0. The molecule has 4 nitrogen and oxygen atoms in total. The number of hydrogen-bond acceptors (Lipinski definition) is 3. The molecule has 0 amide bonds. The van der Waals surface area contributed by atoms with E-state index in [4.69, 9.17) is 4.42 Å². The minimum atomic E-state index is -0.338. The highest BCUT2D eigenvalue weighted by Crippen LogP contribution is 2.21. The summed E-state index contributed by atoms with van der Waals surface area (Å²) in [5.74, 6) is 0. The Kier molecular flexibility index (Phi) is 2.91. The van der Waals surface area contributed by atoms with Gasteiger partial charge < -0.3 is 9.40 Å². The van der Waals surface area contributed by atoms with Crippen LogP contribution in [0, 0.1) is 6.92 Å². The molecule has 4 aromatic rings. The van der Waals surface area contributed by atoms with E-state index in [1.807, 2.05) is 43.3 Å². The highest BCUT2D eigenvalue weighted by molar-refractivity contribution is 5.90. The Morgan fingerprint density at radius 3 is 2.52 bits per heavy atom. The fourth-order valence-electron chi connectivity index (χ4n) is 2.80. The van der Waals surface area contributed by atoms with E-state index < -0.39 is 0 Å². The maximum Gasteiger partial charge on any atom is 0.213 e. The first-order valence-corrected chi connectivity index (χ1v) is 7.30. The fourth-order valence-corrected chi connectivity index (χ4v) is 2.80. The molecule has 0 fully saturated rings. The standard InChI is InChI=1S/C19H13NO3/c1-11-6-5-9-13-17(22)16-15(21)10-14(12-7-3-2-4-8-12)20-19(16)23-18(11)13/h2-10H,1H3,(H,20,21). The van der Waals surface area contributed by atoms with Crippen LogP contribution in [0.25, 0.3) is 33.3 Å². The zero-order valence-corrected chi connectivity index (χ0v) is 12.4. The number of nitrogens with one attached hydrogen (secondary N) is 1. The van der Waals surface area contributed by atoms with Crippen molar-refractivity contribution in [3.8, 4) is 11.3 Å². The molecule has 0 saturated heterocycles. The van der Waals surface area contributed by atoms with E-state index in [1.165, 1.54) is 6.07 Å². The fraction of sp³-hybridized carbons (Fsp3) is 0.0526. The Morgan fingerprint density at radius 2 is 1.74 bits per heavy atom.